The van der Waals surface area contributed by atoms with Gasteiger partial charge in [-0.1, -0.05) is 0 Å². The Hall–Kier alpha value is -1.62. The molecule has 4 nitrogen and oxygen atoms in total. The molecule has 0 aliphatic heterocycles. The van der Waals surface area contributed by atoms with E-state index in [9.17, 15) is 9.18 Å². The number of anilines is 1. The average Bonchev–Trinajstić information content (AvgIpc) is 2.31. The maximum absolute atomic E-state index is 13.0. The molecule has 0 fully saturated rings. The van der Waals surface area contributed by atoms with Crippen molar-refractivity contribution in [3.05, 3.63) is 29.6 Å². The first-order valence-electron chi connectivity index (χ1n) is 5.35. The largest absolute Gasteiger partial charge is 0.398 e. The van der Waals surface area contributed by atoms with Crippen molar-refractivity contribution in [2.75, 3.05) is 33.0 Å². The molecule has 0 saturated heterocycles. The highest BCUT2D eigenvalue weighted by molar-refractivity contribution is 5.98. The number of nitrogens with two attached hydrogens (primary N) is 1. The topological polar surface area (TPSA) is 55.6 Å². The van der Waals surface area contributed by atoms with Gasteiger partial charge in [0.1, 0.15) is 5.82 Å². The normalized spacial score (nSPS) is 10.3. The zero-order valence-corrected chi connectivity index (χ0v) is 10.1. The molecule has 5 heteroatoms. The molecule has 0 aliphatic carbocycles. The van der Waals surface area contributed by atoms with Crippen LogP contribution in [0.25, 0.3) is 0 Å². The molecule has 0 saturated carbocycles. The van der Waals surface area contributed by atoms with Crippen molar-refractivity contribution < 1.29 is 13.9 Å². The second kappa shape index (κ2) is 6.20. The molecule has 0 radical (unpaired) electrons. The highest BCUT2D eigenvalue weighted by Gasteiger charge is 2.15. The van der Waals surface area contributed by atoms with Crippen LogP contribution in [0.1, 0.15) is 16.8 Å². The van der Waals surface area contributed by atoms with E-state index in [0.29, 0.717) is 13.2 Å². The van der Waals surface area contributed by atoms with Gasteiger partial charge in [0, 0.05) is 33.0 Å². The van der Waals surface area contributed by atoms with Crippen molar-refractivity contribution in [3.63, 3.8) is 0 Å². The van der Waals surface area contributed by atoms with E-state index in [-0.39, 0.29) is 17.2 Å². The first-order valence-corrected chi connectivity index (χ1v) is 5.35. The monoisotopic (exact) mass is 240 g/mol. The molecule has 17 heavy (non-hydrogen) atoms. The van der Waals surface area contributed by atoms with E-state index in [4.69, 9.17) is 10.5 Å². The zero-order chi connectivity index (χ0) is 12.8. The fourth-order valence-electron chi connectivity index (χ4n) is 1.47. The Morgan fingerprint density at radius 1 is 1.53 bits per heavy atom. The predicted molar refractivity (Wildman–Crippen MR) is 64.3 cm³/mol. The molecule has 0 aliphatic rings. The Bertz CT molecular complexity index is 396. The molecule has 1 rings (SSSR count). The van der Waals surface area contributed by atoms with Crippen molar-refractivity contribution in [1.82, 2.24) is 4.90 Å². The van der Waals surface area contributed by atoms with Gasteiger partial charge in [-0.15, -0.1) is 0 Å². The third kappa shape index (κ3) is 3.71. The Kier molecular flexibility index (Phi) is 4.90. The summed E-state index contributed by atoms with van der Waals surface area (Å²) in [5, 5.41) is 0. The summed E-state index contributed by atoms with van der Waals surface area (Å²) in [4.78, 5) is 13.5. The smallest absolute Gasteiger partial charge is 0.255 e. The van der Waals surface area contributed by atoms with E-state index in [1.807, 2.05) is 0 Å². The quantitative estimate of drug-likeness (QED) is 0.627. The molecule has 0 spiro atoms. The van der Waals surface area contributed by atoms with Crippen LogP contribution in [0.15, 0.2) is 18.2 Å². The average molecular weight is 240 g/mol. The van der Waals surface area contributed by atoms with E-state index in [2.05, 4.69) is 0 Å². The standard InChI is InChI=1S/C12H17FN2O2/c1-15(6-3-7-17-2)12(16)10-8-9(13)4-5-11(10)14/h4-5,8H,3,6-7,14H2,1-2H3. The molecule has 1 amide bonds. The van der Waals surface area contributed by atoms with Crippen LogP contribution in [0.5, 0.6) is 0 Å². The Morgan fingerprint density at radius 2 is 2.24 bits per heavy atom. The first-order chi connectivity index (χ1) is 8.06. The van der Waals surface area contributed by atoms with Crippen LogP contribution in [0.3, 0.4) is 0 Å². The van der Waals surface area contributed by atoms with Gasteiger partial charge in [0.25, 0.3) is 5.91 Å². The molecular formula is C12H17FN2O2. The second-order valence-corrected chi connectivity index (χ2v) is 3.80. The van der Waals surface area contributed by atoms with Crippen molar-refractivity contribution in [2.24, 2.45) is 0 Å². The zero-order valence-electron chi connectivity index (χ0n) is 10.1. The number of hydrogen-bond donors (Lipinski definition) is 1. The molecule has 0 heterocycles. The van der Waals surface area contributed by atoms with Crippen LogP contribution in [0.4, 0.5) is 10.1 Å². The van der Waals surface area contributed by atoms with Gasteiger partial charge in [-0.25, -0.2) is 4.39 Å². The van der Waals surface area contributed by atoms with Gasteiger partial charge in [-0.05, 0) is 24.6 Å². The minimum absolute atomic E-state index is 0.199. The number of halogens is 1. The minimum atomic E-state index is -0.465. The molecule has 0 atom stereocenters. The van der Waals surface area contributed by atoms with Gasteiger partial charge in [-0.3, -0.25) is 4.79 Å². The number of ether oxygens (including phenoxy) is 1. The molecule has 94 valence electrons. The molecule has 0 bridgehead atoms. The predicted octanol–water partition coefficient (Wildman–Crippen LogP) is 1.52. The van der Waals surface area contributed by atoms with E-state index < -0.39 is 5.82 Å². The van der Waals surface area contributed by atoms with Gasteiger partial charge in [0.05, 0.1) is 5.56 Å². The van der Waals surface area contributed by atoms with Crippen molar-refractivity contribution in [1.29, 1.82) is 0 Å². The summed E-state index contributed by atoms with van der Waals surface area (Å²) in [5.74, 6) is -0.744. The van der Waals surface area contributed by atoms with Crippen LogP contribution >= 0.6 is 0 Å². The maximum atomic E-state index is 13.0. The molecular weight excluding hydrogens is 223 g/mol. The van der Waals surface area contributed by atoms with E-state index in [0.717, 1.165) is 12.5 Å². The number of carbonyl (C=O) groups excluding carboxylic acids is 1. The van der Waals surface area contributed by atoms with Crippen molar-refractivity contribution in [2.45, 2.75) is 6.42 Å². The lowest BCUT2D eigenvalue weighted by Gasteiger charge is -2.17. The van der Waals surface area contributed by atoms with Crippen LogP contribution < -0.4 is 5.73 Å². The summed E-state index contributed by atoms with van der Waals surface area (Å²) in [6.45, 7) is 1.12. The first kappa shape index (κ1) is 13.4. The number of hydrogen-bond acceptors (Lipinski definition) is 3. The lowest BCUT2D eigenvalue weighted by atomic mass is 10.1. The minimum Gasteiger partial charge on any atom is -0.398 e. The summed E-state index contributed by atoms with van der Waals surface area (Å²) >= 11 is 0. The van der Waals surface area contributed by atoms with E-state index in [1.54, 1.807) is 14.2 Å². The fourth-order valence-corrected chi connectivity index (χ4v) is 1.47. The van der Waals surface area contributed by atoms with E-state index >= 15 is 0 Å². The second-order valence-electron chi connectivity index (χ2n) is 3.80. The van der Waals surface area contributed by atoms with Crippen molar-refractivity contribution in [3.8, 4) is 0 Å². The number of benzene rings is 1. The van der Waals surface area contributed by atoms with E-state index in [1.165, 1.54) is 17.0 Å². The molecule has 1 aromatic rings. The lowest BCUT2D eigenvalue weighted by molar-refractivity contribution is 0.0780. The van der Waals surface area contributed by atoms with Crippen LogP contribution in [-0.4, -0.2) is 38.1 Å². The lowest BCUT2D eigenvalue weighted by Crippen LogP contribution is -2.29. The van der Waals surface area contributed by atoms with Gasteiger partial charge in [-0.2, -0.15) is 0 Å². The Morgan fingerprint density at radius 3 is 2.88 bits per heavy atom. The maximum Gasteiger partial charge on any atom is 0.255 e. The number of nitrogen functional groups attached to an aromatic ring is 1. The third-order valence-electron chi connectivity index (χ3n) is 2.43. The van der Waals surface area contributed by atoms with Gasteiger partial charge in [0.15, 0.2) is 0 Å². The Balaban J connectivity index is 2.71. The summed E-state index contributed by atoms with van der Waals surface area (Å²) in [7, 11) is 3.26. The highest BCUT2D eigenvalue weighted by Crippen LogP contribution is 2.15. The van der Waals surface area contributed by atoms with Gasteiger partial charge >= 0.3 is 0 Å². The number of rotatable bonds is 5. The third-order valence-corrected chi connectivity index (χ3v) is 2.43. The Labute approximate surface area is 100 Å². The number of nitrogens with zero attached hydrogens (tertiary/aromatic N) is 1. The summed E-state index contributed by atoms with van der Waals surface area (Å²) in [5.41, 5.74) is 6.13. The SMILES string of the molecule is COCCCN(C)C(=O)c1cc(F)ccc1N. The number of amides is 1. The van der Waals surface area contributed by atoms with Crippen LogP contribution in [0.2, 0.25) is 0 Å². The molecule has 0 aromatic heterocycles. The molecule has 2 N–H and O–H groups in total. The summed E-state index contributed by atoms with van der Waals surface area (Å²) in [6, 6.07) is 3.78. The number of methoxy groups -OCH3 is 1. The summed E-state index contributed by atoms with van der Waals surface area (Å²) in [6.07, 6.45) is 0.730. The molecule has 0 unspecified atom stereocenters. The fraction of sp³-hybridized carbons (Fsp3) is 0.417. The van der Waals surface area contributed by atoms with Gasteiger partial charge < -0.3 is 15.4 Å². The highest BCUT2D eigenvalue weighted by atomic mass is 19.1. The molecule has 1 aromatic carbocycles. The number of carbonyl (C=O) groups is 1. The summed E-state index contributed by atoms with van der Waals surface area (Å²) < 4.78 is 17.9. The van der Waals surface area contributed by atoms with Crippen LogP contribution in [-0.2, 0) is 4.74 Å². The van der Waals surface area contributed by atoms with Gasteiger partial charge in [0.2, 0.25) is 0 Å². The van der Waals surface area contributed by atoms with Crippen molar-refractivity contribution >= 4 is 11.6 Å². The van der Waals surface area contributed by atoms with Crippen LogP contribution in [0, 0.1) is 5.82 Å².